The van der Waals surface area contributed by atoms with Crippen LogP contribution < -0.4 is 25.4 Å². The van der Waals surface area contributed by atoms with Gasteiger partial charge in [0, 0.05) is 11.8 Å². The van der Waals surface area contributed by atoms with E-state index in [0.717, 1.165) is 28.9 Å². The molecule has 1 heterocycles. The highest BCUT2D eigenvalue weighted by Gasteiger charge is 2.54. The predicted molar refractivity (Wildman–Crippen MR) is 127 cm³/mol. The Balaban J connectivity index is 1.40. The van der Waals surface area contributed by atoms with Gasteiger partial charge in [0.15, 0.2) is 11.5 Å². The molecule has 3 N–H and O–H groups in total. The number of benzene rings is 2. The average molecular weight is 481 g/mol. The Morgan fingerprint density at radius 3 is 2.57 bits per heavy atom. The van der Waals surface area contributed by atoms with Crippen LogP contribution in [0, 0.1) is 0 Å². The second-order valence-corrected chi connectivity index (χ2v) is 8.27. The maximum atomic E-state index is 13.3. The molecule has 2 aromatic rings. The number of rotatable bonds is 7. The molecule has 1 fully saturated rings. The first-order chi connectivity index (χ1) is 16.9. The van der Waals surface area contributed by atoms with Crippen LogP contribution >= 0.6 is 0 Å². The highest BCUT2D eigenvalue weighted by molar-refractivity contribution is 6.11. The summed E-state index contributed by atoms with van der Waals surface area (Å²) in [5.74, 6) is -0.287. The SMILES string of the molecule is CCOc1ccc(NC(=O)NC(=O)CN2C(=O)NC3(CCCc4ccccc43)C2=O)cc1OCC. The van der Waals surface area contributed by atoms with Gasteiger partial charge < -0.3 is 20.1 Å². The Hall–Kier alpha value is -4.08. The van der Waals surface area contributed by atoms with Crippen molar-refractivity contribution in [1.82, 2.24) is 15.5 Å². The number of hydrogen-bond acceptors (Lipinski definition) is 6. The van der Waals surface area contributed by atoms with Crippen molar-refractivity contribution in [1.29, 1.82) is 0 Å². The monoisotopic (exact) mass is 480 g/mol. The standard InChI is InChI=1S/C25H28N4O6/c1-3-34-19-12-11-17(14-20(19)35-4-2)26-23(32)27-21(30)15-29-22(31)25(28-24(29)33)13-7-9-16-8-5-6-10-18(16)25/h5-6,8,10-12,14H,3-4,7,9,13,15H2,1-2H3,(H,28,33)(H2,26,27,30,32). The van der Waals surface area contributed by atoms with E-state index in [-0.39, 0.29) is 0 Å². The van der Waals surface area contributed by atoms with E-state index in [2.05, 4.69) is 16.0 Å². The molecule has 0 saturated carbocycles. The van der Waals surface area contributed by atoms with Crippen LogP contribution in [-0.4, -0.2) is 48.5 Å². The zero-order valence-corrected chi connectivity index (χ0v) is 19.7. The third-order valence-electron chi connectivity index (χ3n) is 6.01. The average Bonchev–Trinajstić information content (AvgIpc) is 3.06. The molecular formula is C25H28N4O6. The first-order valence-electron chi connectivity index (χ1n) is 11.6. The lowest BCUT2D eigenvalue weighted by Crippen LogP contribution is -2.47. The number of fused-ring (bicyclic) bond motifs is 2. The Morgan fingerprint density at radius 1 is 1.06 bits per heavy atom. The molecule has 1 aliphatic carbocycles. The van der Waals surface area contributed by atoms with Crippen LogP contribution in [-0.2, 0) is 21.5 Å². The van der Waals surface area contributed by atoms with E-state index in [1.54, 1.807) is 18.2 Å². The Bertz CT molecular complexity index is 1170. The summed E-state index contributed by atoms with van der Waals surface area (Å²) in [5.41, 5.74) is 0.965. The third-order valence-corrected chi connectivity index (χ3v) is 6.01. The Labute approximate surface area is 203 Å². The van der Waals surface area contributed by atoms with Crippen molar-refractivity contribution in [3.63, 3.8) is 0 Å². The quantitative estimate of drug-likeness (QED) is 0.523. The molecule has 6 amide bonds. The highest BCUT2D eigenvalue weighted by Crippen LogP contribution is 2.39. The Morgan fingerprint density at radius 2 is 1.80 bits per heavy atom. The maximum absolute atomic E-state index is 13.3. The summed E-state index contributed by atoms with van der Waals surface area (Å²) < 4.78 is 11.0. The van der Waals surface area contributed by atoms with E-state index in [9.17, 15) is 19.2 Å². The predicted octanol–water partition coefficient (Wildman–Crippen LogP) is 2.92. The molecule has 1 atom stereocenters. The number of carbonyl (C=O) groups is 4. The van der Waals surface area contributed by atoms with Gasteiger partial charge in [-0.1, -0.05) is 24.3 Å². The number of amides is 6. The topological polar surface area (TPSA) is 126 Å². The highest BCUT2D eigenvalue weighted by atomic mass is 16.5. The zero-order chi connectivity index (χ0) is 25.0. The van der Waals surface area contributed by atoms with Crippen LogP contribution in [0.15, 0.2) is 42.5 Å². The van der Waals surface area contributed by atoms with Crippen molar-refractivity contribution in [2.45, 2.75) is 38.6 Å². The molecular weight excluding hydrogens is 452 g/mol. The van der Waals surface area contributed by atoms with Crippen LogP contribution in [0.2, 0.25) is 0 Å². The fraction of sp³-hybridized carbons (Fsp3) is 0.360. The zero-order valence-electron chi connectivity index (χ0n) is 19.7. The van der Waals surface area contributed by atoms with Crippen molar-refractivity contribution in [3.05, 3.63) is 53.6 Å². The second kappa shape index (κ2) is 10.0. The number of anilines is 1. The number of ether oxygens (including phenoxy) is 2. The van der Waals surface area contributed by atoms with Gasteiger partial charge in [0.05, 0.1) is 13.2 Å². The number of carbonyl (C=O) groups excluding carboxylic acids is 4. The first-order valence-corrected chi connectivity index (χ1v) is 11.6. The van der Waals surface area contributed by atoms with Crippen LogP contribution in [0.5, 0.6) is 11.5 Å². The summed E-state index contributed by atoms with van der Waals surface area (Å²) in [6.45, 7) is 3.97. The summed E-state index contributed by atoms with van der Waals surface area (Å²) in [6.07, 6.45) is 2.00. The Kier molecular flexibility index (Phi) is 6.90. The molecule has 184 valence electrons. The van der Waals surface area contributed by atoms with Gasteiger partial charge in [0.25, 0.3) is 5.91 Å². The largest absolute Gasteiger partial charge is 0.490 e. The van der Waals surface area contributed by atoms with Gasteiger partial charge in [0.2, 0.25) is 5.91 Å². The van der Waals surface area contributed by atoms with Crippen LogP contribution in [0.1, 0.15) is 37.8 Å². The fourth-order valence-electron chi connectivity index (χ4n) is 4.56. The van der Waals surface area contributed by atoms with Crippen molar-refractivity contribution in [2.24, 2.45) is 0 Å². The molecule has 1 unspecified atom stereocenters. The van der Waals surface area contributed by atoms with Gasteiger partial charge in [-0.2, -0.15) is 0 Å². The third kappa shape index (κ3) is 4.77. The molecule has 4 rings (SSSR count). The lowest BCUT2D eigenvalue weighted by Gasteiger charge is -2.33. The maximum Gasteiger partial charge on any atom is 0.325 e. The number of hydrogen-bond donors (Lipinski definition) is 3. The number of urea groups is 2. The van der Waals surface area contributed by atoms with Gasteiger partial charge in [-0.3, -0.25) is 19.8 Å². The van der Waals surface area contributed by atoms with Crippen LogP contribution in [0.3, 0.4) is 0 Å². The van der Waals surface area contributed by atoms with Crippen molar-refractivity contribution < 1.29 is 28.7 Å². The molecule has 1 spiro atoms. The second-order valence-electron chi connectivity index (χ2n) is 8.27. The normalized spacial score (nSPS) is 18.6. The molecule has 0 bridgehead atoms. The summed E-state index contributed by atoms with van der Waals surface area (Å²) in [4.78, 5) is 51.7. The smallest absolute Gasteiger partial charge is 0.325 e. The fourth-order valence-corrected chi connectivity index (χ4v) is 4.56. The van der Waals surface area contributed by atoms with E-state index in [4.69, 9.17) is 9.47 Å². The minimum absolute atomic E-state index is 0.384. The number of aryl methyl sites for hydroxylation is 1. The van der Waals surface area contributed by atoms with Gasteiger partial charge in [-0.15, -0.1) is 0 Å². The molecule has 1 saturated heterocycles. The molecule has 0 radical (unpaired) electrons. The summed E-state index contributed by atoms with van der Waals surface area (Å²) in [7, 11) is 0. The van der Waals surface area contributed by atoms with Gasteiger partial charge in [-0.05, 0) is 56.4 Å². The van der Waals surface area contributed by atoms with E-state index in [0.29, 0.717) is 36.8 Å². The van der Waals surface area contributed by atoms with Crippen LogP contribution in [0.4, 0.5) is 15.3 Å². The summed E-state index contributed by atoms with van der Waals surface area (Å²) in [6, 6.07) is 10.9. The van der Waals surface area contributed by atoms with Crippen LogP contribution in [0.25, 0.3) is 0 Å². The number of imide groups is 2. The minimum atomic E-state index is -1.17. The first kappa shape index (κ1) is 24.1. The molecule has 0 aromatic heterocycles. The van der Waals surface area contributed by atoms with E-state index >= 15 is 0 Å². The van der Waals surface area contributed by atoms with Gasteiger partial charge >= 0.3 is 12.1 Å². The lowest BCUT2D eigenvalue weighted by molar-refractivity contribution is -0.135. The number of nitrogens with zero attached hydrogens (tertiary/aromatic N) is 1. The number of nitrogens with one attached hydrogen (secondary N) is 3. The molecule has 2 aliphatic rings. The lowest BCUT2D eigenvalue weighted by atomic mass is 9.76. The molecule has 1 aliphatic heterocycles. The van der Waals surface area contributed by atoms with Gasteiger partial charge in [-0.25, -0.2) is 9.59 Å². The molecule has 2 aromatic carbocycles. The van der Waals surface area contributed by atoms with E-state index < -0.39 is 36.0 Å². The molecule has 10 heteroatoms. The van der Waals surface area contributed by atoms with Crippen molar-refractivity contribution >= 4 is 29.6 Å². The van der Waals surface area contributed by atoms with E-state index in [1.807, 2.05) is 38.1 Å². The summed E-state index contributed by atoms with van der Waals surface area (Å²) >= 11 is 0. The molecule has 10 nitrogen and oxygen atoms in total. The minimum Gasteiger partial charge on any atom is -0.490 e. The molecule has 35 heavy (non-hydrogen) atoms. The summed E-state index contributed by atoms with van der Waals surface area (Å²) in [5, 5.41) is 7.50. The van der Waals surface area contributed by atoms with Crippen molar-refractivity contribution in [3.8, 4) is 11.5 Å². The van der Waals surface area contributed by atoms with Crippen molar-refractivity contribution in [2.75, 3.05) is 25.1 Å². The van der Waals surface area contributed by atoms with Gasteiger partial charge in [0.1, 0.15) is 12.1 Å². The van der Waals surface area contributed by atoms with E-state index in [1.165, 1.54) is 0 Å².